The Kier molecular flexibility index (Phi) is 3.40. The lowest BCUT2D eigenvalue weighted by Crippen LogP contribution is -2.17. The number of nitrogens with one attached hydrogen (secondary N) is 1. The maximum absolute atomic E-state index is 12.2. The van der Waals surface area contributed by atoms with E-state index in [9.17, 15) is 8.42 Å². The highest BCUT2D eigenvalue weighted by molar-refractivity contribution is 9.10. The smallest absolute Gasteiger partial charge is 0.247 e. The molecule has 0 amide bonds. The highest BCUT2D eigenvalue weighted by Crippen LogP contribution is 2.22. The fourth-order valence-corrected chi connectivity index (χ4v) is 3.25. The Labute approximate surface area is 113 Å². The monoisotopic (exact) mass is 330 g/mol. The molecular formula is C10H11BrN4O2S. The fraction of sp³-hybridized carbons (Fsp3) is 0.200. The van der Waals surface area contributed by atoms with E-state index < -0.39 is 10.0 Å². The summed E-state index contributed by atoms with van der Waals surface area (Å²) in [5.41, 5.74) is 0.660. The van der Waals surface area contributed by atoms with Crippen molar-refractivity contribution in [3.8, 4) is 0 Å². The Morgan fingerprint density at radius 2 is 2.11 bits per heavy atom. The first-order valence-electron chi connectivity index (χ1n) is 5.03. The van der Waals surface area contributed by atoms with Gasteiger partial charge in [-0.05, 0) is 24.6 Å². The summed E-state index contributed by atoms with van der Waals surface area (Å²) < 4.78 is 28.9. The maximum Gasteiger partial charge on any atom is 0.264 e. The Hall–Kier alpha value is -1.41. The summed E-state index contributed by atoms with van der Waals surface area (Å²) in [4.78, 5) is 4.04. The number of sulfonamides is 1. The van der Waals surface area contributed by atoms with E-state index in [-0.39, 0.29) is 10.8 Å². The summed E-state index contributed by atoms with van der Waals surface area (Å²) in [7, 11) is -2.05. The summed E-state index contributed by atoms with van der Waals surface area (Å²) >= 11 is 3.26. The number of aromatic nitrogens is 3. The van der Waals surface area contributed by atoms with E-state index in [1.165, 1.54) is 11.0 Å². The van der Waals surface area contributed by atoms with Gasteiger partial charge in [0.2, 0.25) is 5.95 Å². The zero-order chi connectivity index (χ0) is 13.3. The van der Waals surface area contributed by atoms with Crippen molar-refractivity contribution in [3.63, 3.8) is 0 Å². The molecule has 0 radical (unpaired) electrons. The summed E-state index contributed by atoms with van der Waals surface area (Å²) in [5, 5.41) is 3.80. The standard InChI is InChI=1S/C10H11BrN4O2S/c1-7-3-4-8(11)5-9(7)18(16,17)14-10-12-6-13-15(10)2/h3-6H,1-2H3,(H,12,13,14). The Morgan fingerprint density at radius 3 is 2.72 bits per heavy atom. The molecule has 0 spiro atoms. The number of aryl methyl sites for hydroxylation is 2. The van der Waals surface area contributed by atoms with Crippen molar-refractivity contribution in [2.24, 2.45) is 7.05 Å². The zero-order valence-corrected chi connectivity index (χ0v) is 12.2. The lowest BCUT2D eigenvalue weighted by Gasteiger charge is -2.09. The van der Waals surface area contributed by atoms with Crippen LogP contribution in [-0.4, -0.2) is 23.2 Å². The van der Waals surface area contributed by atoms with E-state index in [0.29, 0.717) is 10.0 Å². The van der Waals surface area contributed by atoms with Gasteiger partial charge in [-0.15, -0.1) is 0 Å². The summed E-state index contributed by atoms with van der Waals surface area (Å²) in [6.45, 7) is 1.73. The summed E-state index contributed by atoms with van der Waals surface area (Å²) in [5.74, 6) is 0.175. The first kappa shape index (κ1) is 13.0. The van der Waals surface area contributed by atoms with Gasteiger partial charge < -0.3 is 0 Å². The van der Waals surface area contributed by atoms with Crippen molar-refractivity contribution >= 4 is 31.9 Å². The van der Waals surface area contributed by atoms with Crippen LogP contribution in [0.4, 0.5) is 5.95 Å². The van der Waals surface area contributed by atoms with E-state index in [2.05, 4.69) is 30.7 Å². The largest absolute Gasteiger partial charge is 0.264 e. The molecule has 0 aliphatic rings. The number of halogens is 1. The highest BCUT2D eigenvalue weighted by atomic mass is 79.9. The van der Waals surface area contributed by atoms with Crippen LogP contribution in [0.5, 0.6) is 0 Å². The molecule has 0 atom stereocenters. The molecule has 18 heavy (non-hydrogen) atoms. The normalized spacial score (nSPS) is 11.5. The van der Waals surface area contributed by atoms with Gasteiger partial charge in [0.25, 0.3) is 10.0 Å². The van der Waals surface area contributed by atoms with E-state index >= 15 is 0 Å². The third-order valence-corrected chi connectivity index (χ3v) is 4.34. The van der Waals surface area contributed by atoms with Gasteiger partial charge in [0, 0.05) is 11.5 Å². The van der Waals surface area contributed by atoms with Crippen molar-refractivity contribution in [3.05, 3.63) is 34.6 Å². The molecule has 6 nitrogen and oxygen atoms in total. The van der Waals surface area contributed by atoms with Crippen LogP contribution in [0.3, 0.4) is 0 Å². The van der Waals surface area contributed by atoms with E-state index in [1.807, 2.05) is 0 Å². The van der Waals surface area contributed by atoms with Gasteiger partial charge in [0.05, 0.1) is 4.90 Å². The lowest BCUT2D eigenvalue weighted by molar-refractivity contribution is 0.599. The number of nitrogens with zero attached hydrogens (tertiary/aromatic N) is 3. The predicted molar refractivity (Wildman–Crippen MR) is 70.7 cm³/mol. The van der Waals surface area contributed by atoms with Crippen LogP contribution in [0.15, 0.2) is 33.9 Å². The van der Waals surface area contributed by atoms with Gasteiger partial charge in [-0.25, -0.2) is 17.8 Å². The second kappa shape index (κ2) is 4.69. The van der Waals surface area contributed by atoms with Crippen molar-refractivity contribution in [2.75, 3.05) is 4.72 Å². The van der Waals surface area contributed by atoms with Crippen LogP contribution in [0.1, 0.15) is 5.56 Å². The summed E-state index contributed by atoms with van der Waals surface area (Å²) in [6, 6.07) is 5.07. The van der Waals surface area contributed by atoms with Crippen LogP contribution < -0.4 is 4.72 Å². The van der Waals surface area contributed by atoms with Crippen LogP contribution in [0, 0.1) is 6.92 Å². The van der Waals surface area contributed by atoms with Gasteiger partial charge in [-0.2, -0.15) is 10.1 Å². The number of anilines is 1. The van der Waals surface area contributed by atoms with Crippen molar-refractivity contribution in [1.29, 1.82) is 0 Å². The SMILES string of the molecule is Cc1ccc(Br)cc1S(=O)(=O)Nc1ncnn1C. The Morgan fingerprint density at radius 1 is 1.39 bits per heavy atom. The molecule has 0 bridgehead atoms. The molecule has 2 rings (SSSR count). The minimum Gasteiger partial charge on any atom is -0.247 e. The second-order valence-electron chi connectivity index (χ2n) is 3.72. The van der Waals surface area contributed by atoms with Gasteiger partial charge in [-0.3, -0.25) is 0 Å². The molecule has 0 aliphatic heterocycles. The molecule has 2 aromatic rings. The number of rotatable bonds is 3. The second-order valence-corrected chi connectivity index (χ2v) is 6.29. The van der Waals surface area contributed by atoms with Crippen molar-refractivity contribution < 1.29 is 8.42 Å². The molecule has 0 unspecified atom stereocenters. The minimum absolute atomic E-state index is 0.175. The molecular weight excluding hydrogens is 320 g/mol. The molecule has 0 saturated heterocycles. The molecule has 1 aromatic heterocycles. The van der Waals surface area contributed by atoms with Gasteiger partial charge in [-0.1, -0.05) is 22.0 Å². The van der Waals surface area contributed by atoms with Crippen LogP contribution in [0.25, 0.3) is 0 Å². The third-order valence-electron chi connectivity index (χ3n) is 2.38. The third kappa shape index (κ3) is 2.54. The van der Waals surface area contributed by atoms with Crippen LogP contribution in [-0.2, 0) is 17.1 Å². The fourth-order valence-electron chi connectivity index (χ4n) is 1.43. The Bertz CT molecular complexity index is 681. The Balaban J connectivity index is 2.43. The lowest BCUT2D eigenvalue weighted by atomic mass is 10.2. The molecule has 0 fully saturated rings. The number of hydrogen-bond donors (Lipinski definition) is 1. The van der Waals surface area contributed by atoms with Crippen LogP contribution in [0.2, 0.25) is 0 Å². The molecule has 1 heterocycles. The van der Waals surface area contributed by atoms with E-state index in [0.717, 1.165) is 0 Å². The van der Waals surface area contributed by atoms with Gasteiger partial charge in [0.1, 0.15) is 6.33 Å². The zero-order valence-electron chi connectivity index (χ0n) is 9.75. The van der Waals surface area contributed by atoms with Gasteiger partial charge >= 0.3 is 0 Å². The molecule has 0 saturated carbocycles. The highest BCUT2D eigenvalue weighted by Gasteiger charge is 2.19. The first-order valence-corrected chi connectivity index (χ1v) is 7.31. The van der Waals surface area contributed by atoms with E-state index in [1.54, 1.807) is 32.2 Å². The molecule has 8 heteroatoms. The minimum atomic E-state index is -3.66. The molecule has 0 aliphatic carbocycles. The topological polar surface area (TPSA) is 76.9 Å². The molecule has 1 aromatic carbocycles. The average molecular weight is 331 g/mol. The maximum atomic E-state index is 12.2. The van der Waals surface area contributed by atoms with Crippen molar-refractivity contribution in [1.82, 2.24) is 14.8 Å². The van der Waals surface area contributed by atoms with Crippen LogP contribution >= 0.6 is 15.9 Å². The average Bonchev–Trinajstić information content (AvgIpc) is 2.67. The molecule has 96 valence electrons. The molecule has 1 N–H and O–H groups in total. The first-order chi connectivity index (χ1) is 8.40. The van der Waals surface area contributed by atoms with Gasteiger partial charge in [0.15, 0.2) is 0 Å². The number of benzene rings is 1. The van der Waals surface area contributed by atoms with E-state index in [4.69, 9.17) is 0 Å². The number of hydrogen-bond acceptors (Lipinski definition) is 4. The quantitative estimate of drug-likeness (QED) is 0.928. The van der Waals surface area contributed by atoms with Crippen molar-refractivity contribution in [2.45, 2.75) is 11.8 Å². The summed E-state index contributed by atoms with van der Waals surface area (Å²) in [6.07, 6.45) is 1.28. The predicted octanol–water partition coefficient (Wildman–Crippen LogP) is 1.69.